The lowest BCUT2D eigenvalue weighted by Gasteiger charge is -2.36. The van der Waals surface area contributed by atoms with Gasteiger partial charge < -0.3 is 24.6 Å². The van der Waals surface area contributed by atoms with Crippen molar-refractivity contribution in [1.29, 1.82) is 0 Å². The van der Waals surface area contributed by atoms with E-state index in [9.17, 15) is 4.79 Å². The molecule has 27 heavy (non-hydrogen) atoms. The summed E-state index contributed by atoms with van der Waals surface area (Å²) in [6.07, 6.45) is 0. The summed E-state index contributed by atoms with van der Waals surface area (Å²) in [4.78, 5) is 16.5. The van der Waals surface area contributed by atoms with Gasteiger partial charge in [0, 0.05) is 43.8 Å². The largest absolute Gasteiger partial charge is 0.497 e. The first-order chi connectivity index (χ1) is 13.1. The Morgan fingerprint density at radius 1 is 1.07 bits per heavy atom. The summed E-state index contributed by atoms with van der Waals surface area (Å²) in [6.45, 7) is 3.18. The first kappa shape index (κ1) is 19.2. The van der Waals surface area contributed by atoms with Gasteiger partial charge in [-0.3, -0.25) is 0 Å². The second-order valence-corrected chi connectivity index (χ2v) is 6.67. The molecule has 7 heteroatoms. The minimum Gasteiger partial charge on any atom is -0.497 e. The number of carbonyl (C=O) groups excluding carboxylic acids is 1. The number of amides is 2. The number of halogens is 1. The topological polar surface area (TPSA) is 54.0 Å². The van der Waals surface area contributed by atoms with Crippen molar-refractivity contribution in [3.63, 3.8) is 0 Å². The number of nitrogens with one attached hydrogen (secondary N) is 1. The molecule has 2 amide bonds. The molecule has 0 unspecified atom stereocenters. The Labute approximate surface area is 164 Å². The highest BCUT2D eigenvalue weighted by molar-refractivity contribution is 6.31. The van der Waals surface area contributed by atoms with Crippen LogP contribution in [0.1, 0.15) is 5.56 Å². The van der Waals surface area contributed by atoms with Crippen LogP contribution in [0.4, 0.5) is 10.5 Å². The number of anilines is 1. The van der Waals surface area contributed by atoms with Crippen LogP contribution in [-0.2, 0) is 6.54 Å². The van der Waals surface area contributed by atoms with Crippen LogP contribution >= 0.6 is 11.6 Å². The van der Waals surface area contributed by atoms with E-state index in [4.69, 9.17) is 21.1 Å². The molecule has 144 valence electrons. The number of piperazine rings is 1. The Balaban J connectivity index is 1.55. The molecule has 2 aromatic rings. The average molecular weight is 390 g/mol. The van der Waals surface area contributed by atoms with E-state index in [2.05, 4.69) is 10.2 Å². The van der Waals surface area contributed by atoms with E-state index in [1.54, 1.807) is 14.2 Å². The molecule has 0 aromatic heterocycles. The van der Waals surface area contributed by atoms with Crippen molar-refractivity contribution in [2.24, 2.45) is 0 Å². The van der Waals surface area contributed by atoms with Crippen molar-refractivity contribution in [3.8, 4) is 11.5 Å². The monoisotopic (exact) mass is 389 g/mol. The van der Waals surface area contributed by atoms with Gasteiger partial charge in [-0.15, -0.1) is 0 Å². The first-order valence-electron chi connectivity index (χ1n) is 8.85. The fourth-order valence-electron chi connectivity index (χ4n) is 3.12. The van der Waals surface area contributed by atoms with Crippen molar-refractivity contribution in [2.75, 3.05) is 45.3 Å². The number of methoxy groups -OCH3 is 2. The summed E-state index contributed by atoms with van der Waals surface area (Å²) in [5, 5.41) is 3.61. The van der Waals surface area contributed by atoms with E-state index in [1.165, 1.54) is 0 Å². The maximum atomic E-state index is 12.4. The molecule has 1 saturated heterocycles. The van der Waals surface area contributed by atoms with E-state index < -0.39 is 0 Å². The standard InChI is InChI=1S/C20H24ClN3O3/c1-26-16-7-8-18(19(13-16)27-2)23-9-11-24(12-10-23)20(25)22-14-15-5-3-4-6-17(15)21/h3-8,13H,9-12,14H2,1-2H3,(H,22,25). The lowest BCUT2D eigenvalue weighted by Crippen LogP contribution is -2.51. The minimum atomic E-state index is -0.0729. The molecular formula is C20H24ClN3O3. The van der Waals surface area contributed by atoms with Gasteiger partial charge in [0.05, 0.1) is 19.9 Å². The van der Waals surface area contributed by atoms with E-state index in [1.807, 2.05) is 47.4 Å². The number of rotatable bonds is 5. The summed E-state index contributed by atoms with van der Waals surface area (Å²) >= 11 is 6.14. The van der Waals surface area contributed by atoms with Gasteiger partial charge in [-0.2, -0.15) is 0 Å². The molecule has 1 fully saturated rings. The zero-order chi connectivity index (χ0) is 19.2. The van der Waals surface area contributed by atoms with E-state index in [-0.39, 0.29) is 6.03 Å². The van der Waals surface area contributed by atoms with Crippen LogP contribution in [0, 0.1) is 0 Å². The minimum absolute atomic E-state index is 0.0729. The normalized spacial score (nSPS) is 14.0. The van der Waals surface area contributed by atoms with Crippen molar-refractivity contribution in [2.45, 2.75) is 6.54 Å². The van der Waals surface area contributed by atoms with Gasteiger partial charge in [-0.25, -0.2) is 4.79 Å². The van der Waals surface area contributed by atoms with Crippen molar-refractivity contribution < 1.29 is 14.3 Å². The molecule has 1 heterocycles. The number of urea groups is 1. The zero-order valence-electron chi connectivity index (χ0n) is 15.6. The molecule has 0 bridgehead atoms. The summed E-state index contributed by atoms with van der Waals surface area (Å²) in [6, 6.07) is 13.2. The van der Waals surface area contributed by atoms with Gasteiger partial charge >= 0.3 is 6.03 Å². The second kappa shape index (κ2) is 8.86. The van der Waals surface area contributed by atoms with Crippen LogP contribution in [0.2, 0.25) is 5.02 Å². The molecule has 1 N–H and O–H groups in total. The molecule has 3 rings (SSSR count). The second-order valence-electron chi connectivity index (χ2n) is 6.26. The van der Waals surface area contributed by atoms with E-state index in [0.29, 0.717) is 24.7 Å². The van der Waals surface area contributed by atoms with Crippen LogP contribution in [0.15, 0.2) is 42.5 Å². The quantitative estimate of drug-likeness (QED) is 0.851. The fraction of sp³-hybridized carbons (Fsp3) is 0.350. The molecule has 0 aliphatic carbocycles. The summed E-state index contributed by atoms with van der Waals surface area (Å²) < 4.78 is 10.7. The molecule has 1 aliphatic heterocycles. The maximum absolute atomic E-state index is 12.4. The number of nitrogens with zero attached hydrogens (tertiary/aromatic N) is 2. The SMILES string of the molecule is COc1ccc(N2CCN(C(=O)NCc3ccccc3Cl)CC2)c(OC)c1. The van der Waals surface area contributed by atoms with Crippen molar-refractivity contribution in [1.82, 2.24) is 10.2 Å². The summed E-state index contributed by atoms with van der Waals surface area (Å²) in [5.41, 5.74) is 1.92. The molecule has 0 radical (unpaired) electrons. The predicted molar refractivity (Wildman–Crippen MR) is 107 cm³/mol. The third kappa shape index (κ3) is 4.57. The molecular weight excluding hydrogens is 366 g/mol. The highest BCUT2D eigenvalue weighted by atomic mass is 35.5. The Hall–Kier alpha value is -2.60. The fourth-order valence-corrected chi connectivity index (χ4v) is 3.32. The van der Waals surface area contributed by atoms with Gasteiger partial charge in [0.25, 0.3) is 0 Å². The van der Waals surface area contributed by atoms with Crippen LogP contribution in [0.3, 0.4) is 0 Å². The summed E-state index contributed by atoms with van der Waals surface area (Å²) in [7, 11) is 3.28. The molecule has 2 aromatic carbocycles. The molecule has 0 atom stereocenters. The third-order valence-corrected chi connectivity index (χ3v) is 5.05. The highest BCUT2D eigenvalue weighted by Gasteiger charge is 2.23. The van der Waals surface area contributed by atoms with E-state index >= 15 is 0 Å². The van der Waals surface area contributed by atoms with Crippen LogP contribution < -0.4 is 19.7 Å². The van der Waals surface area contributed by atoms with E-state index in [0.717, 1.165) is 35.8 Å². The van der Waals surface area contributed by atoms with Gasteiger partial charge in [0.1, 0.15) is 11.5 Å². The van der Waals surface area contributed by atoms with Crippen LogP contribution in [0.25, 0.3) is 0 Å². The number of benzene rings is 2. The van der Waals surface area contributed by atoms with Crippen molar-refractivity contribution >= 4 is 23.3 Å². The molecule has 6 nitrogen and oxygen atoms in total. The Morgan fingerprint density at radius 2 is 1.81 bits per heavy atom. The number of hydrogen-bond donors (Lipinski definition) is 1. The molecule has 0 saturated carbocycles. The number of ether oxygens (including phenoxy) is 2. The first-order valence-corrected chi connectivity index (χ1v) is 9.23. The van der Waals surface area contributed by atoms with Gasteiger partial charge in [0.2, 0.25) is 0 Å². The number of hydrogen-bond acceptors (Lipinski definition) is 4. The highest BCUT2D eigenvalue weighted by Crippen LogP contribution is 2.32. The Bertz CT molecular complexity index is 792. The third-order valence-electron chi connectivity index (χ3n) is 4.68. The molecule has 0 spiro atoms. The average Bonchev–Trinajstić information content (AvgIpc) is 2.72. The lowest BCUT2D eigenvalue weighted by molar-refractivity contribution is 0.194. The van der Waals surface area contributed by atoms with Gasteiger partial charge in [-0.1, -0.05) is 29.8 Å². The van der Waals surface area contributed by atoms with Crippen molar-refractivity contribution in [3.05, 3.63) is 53.1 Å². The molecule has 1 aliphatic rings. The zero-order valence-corrected chi connectivity index (χ0v) is 16.3. The predicted octanol–water partition coefficient (Wildman–Crippen LogP) is 3.39. The van der Waals surface area contributed by atoms with Gasteiger partial charge in [0.15, 0.2) is 0 Å². The lowest BCUT2D eigenvalue weighted by atomic mass is 10.2. The maximum Gasteiger partial charge on any atom is 0.317 e. The van der Waals surface area contributed by atoms with Gasteiger partial charge in [-0.05, 0) is 23.8 Å². The Morgan fingerprint density at radius 3 is 2.48 bits per heavy atom. The van der Waals surface area contributed by atoms with Crippen LogP contribution in [-0.4, -0.2) is 51.3 Å². The number of carbonyl (C=O) groups is 1. The van der Waals surface area contributed by atoms with Crippen LogP contribution in [0.5, 0.6) is 11.5 Å². The summed E-state index contributed by atoms with van der Waals surface area (Å²) in [5.74, 6) is 1.53. The smallest absolute Gasteiger partial charge is 0.317 e. The Kier molecular flexibility index (Phi) is 6.29.